The maximum absolute atomic E-state index is 12.8. The van der Waals surface area contributed by atoms with E-state index in [0.717, 1.165) is 57.7 Å². The van der Waals surface area contributed by atoms with Crippen LogP contribution < -0.4 is 11.1 Å². The second-order valence-corrected chi connectivity index (χ2v) is 7.41. The number of rotatable bonds is 4. The fraction of sp³-hybridized carbons (Fsp3) is 0.941. The van der Waals surface area contributed by atoms with Gasteiger partial charge >= 0.3 is 0 Å². The van der Waals surface area contributed by atoms with Crippen LogP contribution in [0.3, 0.4) is 0 Å². The molecule has 3 N–H and O–H groups in total. The van der Waals surface area contributed by atoms with E-state index in [1.807, 2.05) is 0 Å². The Hall–Kier alpha value is -0.610. The van der Waals surface area contributed by atoms with Crippen LogP contribution in [0.5, 0.6) is 0 Å². The van der Waals surface area contributed by atoms with E-state index in [-0.39, 0.29) is 11.3 Å². The zero-order valence-electron chi connectivity index (χ0n) is 13.3. The molecule has 21 heavy (non-hydrogen) atoms. The minimum atomic E-state index is -0.274. The first kappa shape index (κ1) is 15.3. The summed E-state index contributed by atoms with van der Waals surface area (Å²) in [5, 5.41) is 3.34. The Balaban J connectivity index is 1.52. The van der Waals surface area contributed by atoms with Crippen LogP contribution in [0.25, 0.3) is 0 Å². The van der Waals surface area contributed by atoms with Gasteiger partial charge in [-0.1, -0.05) is 25.7 Å². The smallest absolute Gasteiger partial charge is 0.227 e. The maximum Gasteiger partial charge on any atom is 0.227 e. The third-order valence-electron chi connectivity index (χ3n) is 5.86. The minimum Gasteiger partial charge on any atom is -0.353 e. The number of nitrogens with two attached hydrogens (primary N) is 1. The zero-order chi connectivity index (χ0) is 14.7. The number of hydrogen-bond acceptors (Lipinski definition) is 3. The van der Waals surface area contributed by atoms with Crippen molar-refractivity contribution in [2.24, 2.45) is 11.1 Å². The van der Waals surface area contributed by atoms with E-state index in [1.54, 1.807) is 0 Å². The quantitative estimate of drug-likeness (QED) is 0.780. The number of piperidine rings is 1. The molecule has 0 unspecified atom stereocenters. The molecule has 0 atom stereocenters. The van der Waals surface area contributed by atoms with Crippen LogP contribution in [0.4, 0.5) is 0 Å². The van der Waals surface area contributed by atoms with Crippen molar-refractivity contribution >= 4 is 5.91 Å². The lowest BCUT2D eigenvalue weighted by atomic mass is 9.79. The van der Waals surface area contributed by atoms with Gasteiger partial charge < -0.3 is 16.0 Å². The predicted molar refractivity (Wildman–Crippen MR) is 84.9 cm³/mol. The maximum atomic E-state index is 12.8. The Kier molecular flexibility index (Phi) is 4.85. The summed E-state index contributed by atoms with van der Waals surface area (Å²) in [7, 11) is 0. The molecular formula is C17H31N3O. The summed E-state index contributed by atoms with van der Waals surface area (Å²) in [5.41, 5.74) is 5.74. The molecule has 1 heterocycles. The van der Waals surface area contributed by atoms with Crippen LogP contribution in [0.2, 0.25) is 0 Å². The van der Waals surface area contributed by atoms with Crippen molar-refractivity contribution in [2.75, 3.05) is 19.6 Å². The number of hydrogen-bond donors (Lipinski definition) is 2. The summed E-state index contributed by atoms with van der Waals surface area (Å²) >= 11 is 0. The molecule has 4 heteroatoms. The molecule has 1 saturated heterocycles. The summed E-state index contributed by atoms with van der Waals surface area (Å²) < 4.78 is 0. The molecular weight excluding hydrogens is 262 g/mol. The van der Waals surface area contributed by atoms with Crippen molar-refractivity contribution in [1.82, 2.24) is 10.2 Å². The van der Waals surface area contributed by atoms with Gasteiger partial charge in [0.1, 0.15) is 0 Å². The molecule has 120 valence electrons. The second kappa shape index (κ2) is 6.66. The van der Waals surface area contributed by atoms with Crippen molar-refractivity contribution in [3.05, 3.63) is 0 Å². The van der Waals surface area contributed by atoms with Gasteiger partial charge in [0.15, 0.2) is 0 Å². The lowest BCUT2D eigenvalue weighted by molar-refractivity contribution is -0.132. The van der Waals surface area contributed by atoms with Gasteiger partial charge in [-0.3, -0.25) is 4.79 Å². The molecule has 3 aliphatic rings. The highest BCUT2D eigenvalue weighted by Crippen LogP contribution is 2.35. The fourth-order valence-corrected chi connectivity index (χ4v) is 4.12. The molecule has 1 amide bonds. The molecule has 0 aromatic carbocycles. The summed E-state index contributed by atoms with van der Waals surface area (Å²) in [4.78, 5) is 15.4. The molecule has 0 radical (unpaired) electrons. The molecule has 0 spiro atoms. The average molecular weight is 293 g/mol. The van der Waals surface area contributed by atoms with E-state index in [2.05, 4.69) is 10.2 Å². The van der Waals surface area contributed by atoms with Gasteiger partial charge in [-0.05, 0) is 38.5 Å². The Morgan fingerprint density at radius 3 is 2.19 bits per heavy atom. The highest BCUT2D eigenvalue weighted by molar-refractivity contribution is 5.83. The van der Waals surface area contributed by atoms with Gasteiger partial charge in [0.2, 0.25) is 5.91 Å². The highest BCUT2D eigenvalue weighted by atomic mass is 16.2. The number of nitrogens with zero attached hydrogens (tertiary/aromatic N) is 1. The topological polar surface area (TPSA) is 58.4 Å². The second-order valence-electron chi connectivity index (χ2n) is 7.41. The van der Waals surface area contributed by atoms with E-state index in [0.29, 0.717) is 12.6 Å². The number of amides is 1. The highest BCUT2D eigenvalue weighted by Gasteiger charge is 2.39. The first-order chi connectivity index (χ1) is 10.2. The Labute approximate surface area is 128 Å². The Morgan fingerprint density at radius 2 is 1.67 bits per heavy atom. The summed E-state index contributed by atoms with van der Waals surface area (Å²) in [6, 6.07) is 1.23. The largest absolute Gasteiger partial charge is 0.353 e. The van der Waals surface area contributed by atoms with Gasteiger partial charge in [0, 0.05) is 31.7 Å². The van der Waals surface area contributed by atoms with Crippen LogP contribution in [-0.2, 0) is 4.79 Å². The normalized spacial score (nSPS) is 28.0. The van der Waals surface area contributed by atoms with Gasteiger partial charge in [-0.15, -0.1) is 0 Å². The first-order valence-electron chi connectivity index (χ1n) is 8.99. The predicted octanol–water partition coefficient (Wildman–Crippen LogP) is 2.03. The third-order valence-corrected chi connectivity index (χ3v) is 5.86. The minimum absolute atomic E-state index is 0.247. The van der Waals surface area contributed by atoms with Crippen LogP contribution in [0.1, 0.15) is 64.2 Å². The monoisotopic (exact) mass is 293 g/mol. The Morgan fingerprint density at radius 1 is 1.05 bits per heavy atom. The number of likely N-dealkylation sites (tertiary alicyclic amines) is 1. The third kappa shape index (κ3) is 3.59. The summed E-state index contributed by atoms with van der Waals surface area (Å²) in [5.74, 6) is 0.247. The SMILES string of the molecule is NCC1(C(=O)NC2CCN(C3CC3)CC2)CCCCCC1. The van der Waals surface area contributed by atoms with Crippen LogP contribution in [0, 0.1) is 5.41 Å². The molecule has 0 aromatic rings. The van der Waals surface area contributed by atoms with Gasteiger partial charge in [0.25, 0.3) is 0 Å². The molecule has 2 saturated carbocycles. The van der Waals surface area contributed by atoms with E-state index in [1.165, 1.54) is 25.7 Å². The van der Waals surface area contributed by atoms with Crippen LogP contribution in [0.15, 0.2) is 0 Å². The molecule has 1 aliphatic heterocycles. The number of nitrogens with one attached hydrogen (secondary N) is 1. The standard InChI is InChI=1S/C17H31N3O/c18-13-17(9-3-1-2-4-10-17)16(21)19-14-7-11-20(12-8-14)15-5-6-15/h14-15H,1-13,18H2,(H,19,21). The van der Waals surface area contributed by atoms with E-state index >= 15 is 0 Å². The van der Waals surface area contributed by atoms with Crippen LogP contribution in [-0.4, -0.2) is 42.5 Å². The van der Waals surface area contributed by atoms with Gasteiger partial charge in [0.05, 0.1) is 5.41 Å². The van der Waals surface area contributed by atoms with Crippen molar-refractivity contribution in [3.63, 3.8) is 0 Å². The van der Waals surface area contributed by atoms with Gasteiger partial charge in [-0.2, -0.15) is 0 Å². The van der Waals surface area contributed by atoms with E-state index in [9.17, 15) is 4.79 Å². The molecule has 3 fully saturated rings. The van der Waals surface area contributed by atoms with Crippen molar-refractivity contribution in [2.45, 2.75) is 76.3 Å². The molecule has 3 rings (SSSR count). The fourth-order valence-electron chi connectivity index (χ4n) is 4.12. The lowest BCUT2D eigenvalue weighted by Gasteiger charge is -2.36. The molecule has 4 nitrogen and oxygen atoms in total. The molecule has 0 bridgehead atoms. The summed E-state index contributed by atoms with van der Waals surface area (Å²) in [6.45, 7) is 2.83. The van der Waals surface area contributed by atoms with Crippen molar-refractivity contribution in [1.29, 1.82) is 0 Å². The summed E-state index contributed by atoms with van der Waals surface area (Å²) in [6.07, 6.45) is 11.8. The molecule has 2 aliphatic carbocycles. The number of carbonyl (C=O) groups is 1. The van der Waals surface area contributed by atoms with E-state index in [4.69, 9.17) is 5.73 Å². The molecule has 0 aromatic heterocycles. The van der Waals surface area contributed by atoms with E-state index < -0.39 is 0 Å². The van der Waals surface area contributed by atoms with Gasteiger partial charge in [-0.25, -0.2) is 0 Å². The van der Waals surface area contributed by atoms with Crippen LogP contribution >= 0.6 is 0 Å². The first-order valence-corrected chi connectivity index (χ1v) is 8.99. The Bertz CT molecular complexity index is 351. The lowest BCUT2D eigenvalue weighted by Crippen LogP contribution is -2.52. The van der Waals surface area contributed by atoms with Crippen molar-refractivity contribution in [3.8, 4) is 0 Å². The number of carbonyl (C=O) groups excluding carboxylic acids is 1. The van der Waals surface area contributed by atoms with Crippen molar-refractivity contribution < 1.29 is 4.79 Å². The average Bonchev–Trinajstić information content (AvgIpc) is 3.35. The zero-order valence-corrected chi connectivity index (χ0v) is 13.3.